The number of hydrogen-bond acceptors (Lipinski definition) is 5. The summed E-state index contributed by atoms with van der Waals surface area (Å²) in [5.41, 5.74) is 2.01. The first-order valence-electron chi connectivity index (χ1n) is 8.18. The van der Waals surface area contributed by atoms with Crippen LogP contribution in [0.25, 0.3) is 10.2 Å². The zero-order chi connectivity index (χ0) is 16.7. The monoisotopic (exact) mass is 332 g/mol. The van der Waals surface area contributed by atoms with E-state index in [-0.39, 0.29) is 11.9 Å². The summed E-state index contributed by atoms with van der Waals surface area (Å²) in [7, 11) is 2.11. The smallest absolute Gasteiger partial charge is 0.264 e. The molecule has 23 heavy (non-hydrogen) atoms. The summed E-state index contributed by atoms with van der Waals surface area (Å²) < 4.78 is 0. The van der Waals surface area contributed by atoms with E-state index >= 15 is 0 Å². The Labute approximate surface area is 141 Å². The van der Waals surface area contributed by atoms with Crippen LogP contribution >= 0.6 is 11.3 Å². The number of carbonyl (C=O) groups is 1. The molecule has 0 bridgehead atoms. The van der Waals surface area contributed by atoms with Crippen molar-refractivity contribution < 1.29 is 4.79 Å². The molecule has 1 atom stereocenters. The number of aromatic nitrogens is 2. The van der Waals surface area contributed by atoms with Crippen molar-refractivity contribution in [2.24, 2.45) is 0 Å². The minimum Gasteiger partial charge on any atom is -0.333 e. The highest BCUT2D eigenvalue weighted by molar-refractivity contribution is 7.20. The van der Waals surface area contributed by atoms with Gasteiger partial charge in [0, 0.05) is 43.2 Å². The zero-order valence-corrected chi connectivity index (χ0v) is 15.3. The molecule has 124 valence electrons. The van der Waals surface area contributed by atoms with Gasteiger partial charge in [-0.2, -0.15) is 0 Å². The Morgan fingerprint density at radius 1 is 1.30 bits per heavy atom. The average Bonchev–Trinajstić information content (AvgIpc) is 2.84. The van der Waals surface area contributed by atoms with Gasteiger partial charge < -0.3 is 9.80 Å². The quantitative estimate of drug-likeness (QED) is 0.848. The van der Waals surface area contributed by atoms with E-state index < -0.39 is 0 Å². The molecule has 0 aliphatic carbocycles. The fourth-order valence-electron chi connectivity index (χ4n) is 3.33. The molecule has 0 N–H and O–H groups in total. The van der Waals surface area contributed by atoms with E-state index in [2.05, 4.69) is 35.8 Å². The fraction of sp³-hybridized carbons (Fsp3) is 0.588. The lowest BCUT2D eigenvalue weighted by atomic mass is 10.1. The lowest BCUT2D eigenvalue weighted by Crippen LogP contribution is -2.52. The molecule has 1 fully saturated rings. The minimum absolute atomic E-state index is 0.142. The van der Waals surface area contributed by atoms with Crippen molar-refractivity contribution in [2.45, 2.75) is 40.2 Å². The summed E-state index contributed by atoms with van der Waals surface area (Å²) in [6.45, 7) is 10.8. The largest absolute Gasteiger partial charge is 0.333 e. The third-order valence-corrected chi connectivity index (χ3v) is 5.79. The van der Waals surface area contributed by atoms with Gasteiger partial charge in [-0.1, -0.05) is 6.92 Å². The number of aryl methyl sites for hydroxylation is 3. The van der Waals surface area contributed by atoms with Crippen molar-refractivity contribution in [3.8, 4) is 0 Å². The van der Waals surface area contributed by atoms with E-state index in [4.69, 9.17) is 0 Å². The normalized spacial score (nSPS) is 19.5. The number of hydrogen-bond donors (Lipinski definition) is 0. The van der Waals surface area contributed by atoms with Crippen LogP contribution in [-0.4, -0.2) is 58.4 Å². The first-order chi connectivity index (χ1) is 10.9. The number of thiophene rings is 1. The van der Waals surface area contributed by atoms with Crippen molar-refractivity contribution in [1.29, 1.82) is 0 Å². The lowest BCUT2D eigenvalue weighted by molar-refractivity contribution is 0.0538. The third-order valence-electron chi connectivity index (χ3n) is 4.62. The van der Waals surface area contributed by atoms with Gasteiger partial charge in [-0.05, 0) is 33.4 Å². The molecule has 2 aromatic rings. The van der Waals surface area contributed by atoms with Crippen LogP contribution in [0.4, 0.5) is 0 Å². The van der Waals surface area contributed by atoms with Crippen LogP contribution in [0.1, 0.15) is 40.6 Å². The second kappa shape index (κ2) is 6.17. The van der Waals surface area contributed by atoms with E-state index in [1.165, 1.54) is 11.3 Å². The molecule has 0 spiro atoms. The van der Waals surface area contributed by atoms with Gasteiger partial charge in [-0.25, -0.2) is 9.97 Å². The van der Waals surface area contributed by atoms with E-state index in [0.717, 1.165) is 58.2 Å². The summed E-state index contributed by atoms with van der Waals surface area (Å²) in [4.78, 5) is 28.3. The number of rotatable bonds is 2. The Balaban J connectivity index is 2.01. The van der Waals surface area contributed by atoms with E-state index in [1.807, 2.05) is 18.7 Å². The van der Waals surface area contributed by atoms with Gasteiger partial charge >= 0.3 is 0 Å². The summed E-state index contributed by atoms with van der Waals surface area (Å²) in [6.07, 6.45) is 0.812. The number of fused-ring (bicyclic) bond motifs is 1. The van der Waals surface area contributed by atoms with Crippen LogP contribution < -0.4 is 0 Å². The minimum atomic E-state index is 0.142. The Kier molecular flexibility index (Phi) is 4.38. The lowest BCUT2D eigenvalue weighted by Gasteiger charge is -2.38. The van der Waals surface area contributed by atoms with Crippen LogP contribution in [-0.2, 0) is 6.42 Å². The van der Waals surface area contributed by atoms with Crippen molar-refractivity contribution in [1.82, 2.24) is 19.8 Å². The van der Waals surface area contributed by atoms with Gasteiger partial charge in [0.1, 0.15) is 10.7 Å². The zero-order valence-electron chi connectivity index (χ0n) is 14.5. The molecule has 1 amide bonds. The maximum Gasteiger partial charge on any atom is 0.264 e. The molecular formula is C17H24N4OS. The van der Waals surface area contributed by atoms with Crippen LogP contribution in [0.2, 0.25) is 0 Å². The van der Waals surface area contributed by atoms with Gasteiger partial charge in [0.25, 0.3) is 5.91 Å². The summed E-state index contributed by atoms with van der Waals surface area (Å²) in [6, 6.07) is 0.240. The predicted octanol–water partition coefficient (Wildman–Crippen LogP) is 2.65. The highest BCUT2D eigenvalue weighted by Crippen LogP contribution is 2.32. The van der Waals surface area contributed by atoms with Crippen molar-refractivity contribution in [3.05, 3.63) is 22.0 Å². The maximum atomic E-state index is 13.0. The van der Waals surface area contributed by atoms with Crippen molar-refractivity contribution in [3.63, 3.8) is 0 Å². The van der Waals surface area contributed by atoms with Crippen LogP contribution in [0, 0.1) is 13.8 Å². The molecule has 6 heteroatoms. The van der Waals surface area contributed by atoms with E-state index in [0.29, 0.717) is 0 Å². The van der Waals surface area contributed by atoms with Crippen molar-refractivity contribution >= 4 is 27.5 Å². The topological polar surface area (TPSA) is 49.3 Å². The first-order valence-corrected chi connectivity index (χ1v) is 9.00. The Bertz CT molecular complexity index is 755. The van der Waals surface area contributed by atoms with E-state index in [1.54, 1.807) is 0 Å². The molecule has 0 unspecified atom stereocenters. The Hall–Kier alpha value is -1.53. The highest BCUT2D eigenvalue weighted by Gasteiger charge is 2.29. The summed E-state index contributed by atoms with van der Waals surface area (Å²) >= 11 is 1.52. The van der Waals surface area contributed by atoms with E-state index in [9.17, 15) is 4.79 Å². The highest BCUT2D eigenvalue weighted by atomic mass is 32.1. The predicted molar refractivity (Wildman–Crippen MR) is 94.3 cm³/mol. The third kappa shape index (κ3) is 2.85. The maximum absolute atomic E-state index is 13.0. The van der Waals surface area contributed by atoms with Crippen molar-refractivity contribution in [2.75, 3.05) is 26.7 Å². The van der Waals surface area contributed by atoms with Gasteiger partial charge in [-0.15, -0.1) is 11.3 Å². The second-order valence-electron chi connectivity index (χ2n) is 6.42. The average molecular weight is 332 g/mol. The molecule has 1 aliphatic rings. The second-order valence-corrected chi connectivity index (χ2v) is 7.42. The summed E-state index contributed by atoms with van der Waals surface area (Å²) in [5.74, 6) is 0.992. The van der Waals surface area contributed by atoms with Crippen LogP contribution in [0.5, 0.6) is 0 Å². The molecular weight excluding hydrogens is 308 g/mol. The molecule has 0 radical (unpaired) electrons. The fourth-order valence-corrected chi connectivity index (χ4v) is 4.54. The SMILES string of the molecule is CCc1nc(C)c2c(C)c(C(=O)N3CCN(C)C[C@H]3C)sc2n1. The number of piperazine rings is 1. The number of carbonyl (C=O) groups excluding carboxylic acids is 1. The molecule has 0 aromatic carbocycles. The molecule has 3 heterocycles. The Morgan fingerprint density at radius 3 is 2.70 bits per heavy atom. The van der Waals surface area contributed by atoms with Crippen LogP contribution in [0.3, 0.4) is 0 Å². The number of likely N-dealkylation sites (N-methyl/N-ethyl adjacent to an activating group) is 1. The van der Waals surface area contributed by atoms with Gasteiger partial charge in [0.05, 0.1) is 4.88 Å². The molecule has 1 aliphatic heterocycles. The van der Waals surface area contributed by atoms with Gasteiger partial charge in [0.2, 0.25) is 0 Å². The molecule has 5 nitrogen and oxygen atoms in total. The first kappa shape index (κ1) is 16.3. The molecule has 0 saturated carbocycles. The number of amides is 1. The van der Waals surface area contributed by atoms with Gasteiger partial charge in [0.15, 0.2) is 0 Å². The summed E-state index contributed by atoms with van der Waals surface area (Å²) in [5, 5.41) is 1.05. The number of nitrogens with zero attached hydrogens (tertiary/aromatic N) is 4. The van der Waals surface area contributed by atoms with Gasteiger partial charge in [-0.3, -0.25) is 4.79 Å². The Morgan fingerprint density at radius 2 is 2.04 bits per heavy atom. The molecule has 3 rings (SSSR count). The van der Waals surface area contributed by atoms with Crippen LogP contribution in [0.15, 0.2) is 0 Å². The molecule has 1 saturated heterocycles. The molecule has 2 aromatic heterocycles. The standard InChI is InChI=1S/C17H24N4OS/c1-6-13-18-12(4)14-11(3)15(23-16(14)19-13)17(22)21-8-7-20(5)9-10(21)2/h10H,6-9H2,1-5H3/t10-/m1/s1.